The number of halogens is 2. The molecule has 4 rings (SSSR count). The van der Waals surface area contributed by atoms with E-state index in [9.17, 15) is 8.42 Å². The zero-order chi connectivity index (χ0) is 21.1. The molecular weight excluding hydrogens is 441 g/mol. The molecule has 5 nitrogen and oxygen atoms in total. The molecule has 2 heterocycles. The van der Waals surface area contributed by atoms with Crippen molar-refractivity contribution in [3.63, 3.8) is 0 Å². The summed E-state index contributed by atoms with van der Waals surface area (Å²) < 4.78 is 28.5. The fourth-order valence-corrected chi connectivity index (χ4v) is 5.95. The molecule has 30 heavy (non-hydrogen) atoms. The second-order valence-corrected chi connectivity index (χ2v) is 11.1. The number of nitrogens with one attached hydrogen (secondary N) is 2. The van der Waals surface area contributed by atoms with Gasteiger partial charge in [-0.25, -0.2) is 13.1 Å². The van der Waals surface area contributed by atoms with Crippen LogP contribution < -0.4 is 10.0 Å². The van der Waals surface area contributed by atoms with E-state index in [0.29, 0.717) is 35.6 Å². The maximum Gasteiger partial charge on any atom is 0.217 e. The molecule has 0 spiro atoms. The third-order valence-corrected chi connectivity index (χ3v) is 8.33. The Bertz CT molecular complexity index is 894. The maximum atomic E-state index is 12.8. The average Bonchev–Trinajstić information content (AvgIpc) is 2.71. The van der Waals surface area contributed by atoms with Crippen molar-refractivity contribution in [1.29, 1.82) is 0 Å². The summed E-state index contributed by atoms with van der Waals surface area (Å²) >= 11 is 12.1. The van der Waals surface area contributed by atoms with E-state index in [1.807, 2.05) is 48.5 Å². The van der Waals surface area contributed by atoms with Crippen molar-refractivity contribution >= 4 is 33.2 Å². The van der Waals surface area contributed by atoms with Crippen LogP contribution in [0.2, 0.25) is 10.0 Å². The Hall–Kier alpha value is -1.15. The number of piperidine rings is 1. The van der Waals surface area contributed by atoms with Crippen molar-refractivity contribution in [2.45, 2.75) is 24.1 Å². The summed E-state index contributed by atoms with van der Waals surface area (Å²) in [6, 6.07) is 15.4. The highest BCUT2D eigenvalue weighted by atomic mass is 35.5. The van der Waals surface area contributed by atoms with Crippen LogP contribution >= 0.6 is 23.2 Å². The first-order chi connectivity index (χ1) is 14.4. The molecule has 162 valence electrons. The highest BCUT2D eigenvalue weighted by Crippen LogP contribution is 2.35. The second kappa shape index (κ2) is 9.55. The Labute approximate surface area is 188 Å². The van der Waals surface area contributed by atoms with Gasteiger partial charge in [0.15, 0.2) is 0 Å². The minimum atomic E-state index is -3.32. The van der Waals surface area contributed by atoms with E-state index < -0.39 is 10.0 Å². The van der Waals surface area contributed by atoms with E-state index >= 15 is 0 Å². The third kappa shape index (κ3) is 5.18. The monoisotopic (exact) mass is 467 g/mol. The summed E-state index contributed by atoms with van der Waals surface area (Å²) in [6.45, 7) is 3.47. The van der Waals surface area contributed by atoms with Gasteiger partial charge in [0.25, 0.3) is 0 Å². The van der Waals surface area contributed by atoms with Crippen LogP contribution in [-0.2, 0) is 10.0 Å². The predicted molar refractivity (Wildman–Crippen MR) is 123 cm³/mol. The van der Waals surface area contributed by atoms with Crippen molar-refractivity contribution in [1.82, 2.24) is 14.9 Å². The van der Waals surface area contributed by atoms with E-state index in [1.165, 1.54) is 0 Å². The number of rotatable bonds is 7. The topological polar surface area (TPSA) is 61.4 Å². The molecule has 0 bridgehead atoms. The number of nitrogens with zero attached hydrogens (tertiary/aromatic N) is 1. The maximum absolute atomic E-state index is 12.8. The molecule has 2 fully saturated rings. The fraction of sp³-hybridized carbons (Fsp3) is 0.455. The lowest BCUT2D eigenvalue weighted by molar-refractivity contribution is 0.143. The molecule has 0 amide bonds. The number of hydrogen-bond acceptors (Lipinski definition) is 4. The summed E-state index contributed by atoms with van der Waals surface area (Å²) in [5, 5.41) is 4.29. The van der Waals surface area contributed by atoms with Crippen LogP contribution in [0.4, 0.5) is 0 Å². The summed E-state index contributed by atoms with van der Waals surface area (Å²) in [6.07, 6.45) is 2.04. The smallest absolute Gasteiger partial charge is 0.217 e. The Morgan fingerprint density at radius 1 is 0.933 bits per heavy atom. The molecule has 2 aromatic rings. The van der Waals surface area contributed by atoms with E-state index in [2.05, 4.69) is 14.9 Å². The summed E-state index contributed by atoms with van der Waals surface area (Å²) in [5.74, 6) is 0.424. The first kappa shape index (κ1) is 22.1. The normalized spacial score (nSPS) is 19.2. The van der Waals surface area contributed by atoms with Crippen LogP contribution in [0.3, 0.4) is 0 Å². The molecule has 0 aromatic heterocycles. The van der Waals surface area contributed by atoms with Gasteiger partial charge in [-0.1, -0.05) is 47.5 Å². The van der Waals surface area contributed by atoms with Crippen molar-refractivity contribution in [3.8, 4) is 0 Å². The first-order valence-electron chi connectivity index (χ1n) is 10.4. The molecule has 2 aliphatic heterocycles. The van der Waals surface area contributed by atoms with Gasteiger partial charge in [0.2, 0.25) is 10.0 Å². The van der Waals surface area contributed by atoms with Gasteiger partial charge in [-0.2, -0.15) is 0 Å². The van der Waals surface area contributed by atoms with E-state index in [1.54, 1.807) is 0 Å². The number of sulfonamides is 1. The van der Waals surface area contributed by atoms with Gasteiger partial charge in [-0.3, -0.25) is 4.90 Å². The zero-order valence-electron chi connectivity index (χ0n) is 16.7. The SMILES string of the molecule is O=S(=O)(NCC1CCNCC1)C1CN(C(c2ccc(Cl)cc2)c2ccc(Cl)cc2)C1. The van der Waals surface area contributed by atoms with Gasteiger partial charge in [-0.15, -0.1) is 0 Å². The Balaban J connectivity index is 1.44. The minimum Gasteiger partial charge on any atom is -0.317 e. The predicted octanol–water partition coefficient (Wildman–Crippen LogP) is 3.69. The van der Waals surface area contributed by atoms with Crippen molar-refractivity contribution in [2.24, 2.45) is 5.92 Å². The Kier molecular flexibility index (Phi) is 7.02. The second-order valence-electron chi connectivity index (χ2n) is 8.17. The van der Waals surface area contributed by atoms with Crippen LogP contribution in [-0.4, -0.2) is 51.3 Å². The van der Waals surface area contributed by atoms with Gasteiger partial charge in [-0.05, 0) is 67.2 Å². The van der Waals surface area contributed by atoms with Gasteiger partial charge >= 0.3 is 0 Å². The van der Waals surface area contributed by atoms with Crippen molar-refractivity contribution in [3.05, 3.63) is 69.7 Å². The largest absolute Gasteiger partial charge is 0.317 e. The number of benzene rings is 2. The van der Waals surface area contributed by atoms with Gasteiger partial charge in [0.05, 0.1) is 6.04 Å². The summed E-state index contributed by atoms with van der Waals surface area (Å²) in [4.78, 5) is 2.20. The fourth-order valence-electron chi connectivity index (χ4n) is 4.22. The van der Waals surface area contributed by atoms with E-state index in [4.69, 9.17) is 23.2 Å². The lowest BCUT2D eigenvalue weighted by atomic mass is 9.94. The van der Waals surface area contributed by atoms with E-state index in [-0.39, 0.29) is 11.3 Å². The molecular formula is C22H27Cl2N3O2S. The molecule has 0 radical (unpaired) electrons. The molecule has 0 saturated carbocycles. The molecule has 2 aliphatic rings. The standard InChI is InChI=1S/C22H27Cl2N3O2S/c23-19-5-1-17(2-6-19)22(18-3-7-20(24)8-4-18)27-14-21(15-27)30(28,29)26-13-16-9-11-25-12-10-16/h1-8,16,21-22,25-26H,9-15H2. The average molecular weight is 468 g/mol. The third-order valence-electron chi connectivity index (χ3n) is 6.08. The van der Waals surface area contributed by atoms with Crippen LogP contribution in [0.5, 0.6) is 0 Å². The summed E-state index contributed by atoms with van der Waals surface area (Å²) in [7, 11) is -3.32. The lowest BCUT2D eigenvalue weighted by Gasteiger charge is -2.44. The van der Waals surface area contributed by atoms with E-state index in [0.717, 1.165) is 37.1 Å². The van der Waals surface area contributed by atoms with Crippen LogP contribution in [0.25, 0.3) is 0 Å². The molecule has 0 unspecified atom stereocenters. The Morgan fingerprint density at radius 2 is 1.43 bits per heavy atom. The molecule has 8 heteroatoms. The highest BCUT2D eigenvalue weighted by Gasteiger charge is 2.41. The molecule has 0 aliphatic carbocycles. The zero-order valence-corrected chi connectivity index (χ0v) is 19.1. The Morgan fingerprint density at radius 3 is 1.93 bits per heavy atom. The molecule has 2 saturated heterocycles. The summed E-state index contributed by atoms with van der Waals surface area (Å²) in [5.41, 5.74) is 2.17. The molecule has 2 aromatic carbocycles. The number of likely N-dealkylation sites (tertiary alicyclic amines) is 1. The van der Waals surface area contributed by atoms with Crippen molar-refractivity contribution < 1.29 is 8.42 Å². The first-order valence-corrected chi connectivity index (χ1v) is 12.7. The quantitative estimate of drug-likeness (QED) is 0.651. The highest BCUT2D eigenvalue weighted by molar-refractivity contribution is 7.90. The molecule has 2 N–H and O–H groups in total. The van der Waals surface area contributed by atoms with Crippen LogP contribution in [0.15, 0.2) is 48.5 Å². The molecule has 0 atom stereocenters. The van der Waals surface area contributed by atoms with Gasteiger partial charge in [0, 0.05) is 29.7 Å². The van der Waals surface area contributed by atoms with Crippen LogP contribution in [0, 0.1) is 5.92 Å². The van der Waals surface area contributed by atoms with Gasteiger partial charge < -0.3 is 5.32 Å². The minimum absolute atomic E-state index is 0.0320. The van der Waals surface area contributed by atoms with Crippen molar-refractivity contribution in [2.75, 3.05) is 32.7 Å². The number of hydrogen-bond donors (Lipinski definition) is 2. The van der Waals surface area contributed by atoms with Crippen LogP contribution in [0.1, 0.15) is 30.0 Å². The van der Waals surface area contributed by atoms with Gasteiger partial charge in [0.1, 0.15) is 5.25 Å². The lowest BCUT2D eigenvalue weighted by Crippen LogP contribution is -2.58.